The number of methoxy groups -OCH3 is 3. The number of rotatable bonds is 9. The van der Waals surface area contributed by atoms with Crippen molar-refractivity contribution in [1.82, 2.24) is 5.32 Å². The second-order valence-corrected chi connectivity index (χ2v) is 4.17. The molecule has 0 amide bonds. The Morgan fingerprint density at radius 1 is 1.00 bits per heavy atom. The molecule has 0 aliphatic heterocycles. The Bertz CT molecular complexity index is 383. The Morgan fingerprint density at radius 2 is 1.74 bits per heavy atom. The van der Waals surface area contributed by atoms with E-state index in [1.165, 1.54) is 0 Å². The Labute approximate surface area is 115 Å². The molecule has 0 aliphatic carbocycles. The van der Waals surface area contributed by atoms with Gasteiger partial charge in [-0.15, -0.1) is 0 Å². The lowest BCUT2D eigenvalue weighted by Gasteiger charge is -2.16. The number of unbranched alkanes of at least 4 members (excludes halogenated alkanes) is 1. The summed E-state index contributed by atoms with van der Waals surface area (Å²) in [6.45, 7) is 2.41. The SMILES string of the molecule is COc1ccc(CNCCCCN)c(OC)c1OC. The van der Waals surface area contributed by atoms with E-state index in [1.807, 2.05) is 12.1 Å². The molecule has 3 N–H and O–H groups in total. The first-order chi connectivity index (χ1) is 9.28. The van der Waals surface area contributed by atoms with E-state index in [9.17, 15) is 0 Å². The fourth-order valence-corrected chi connectivity index (χ4v) is 1.92. The monoisotopic (exact) mass is 268 g/mol. The van der Waals surface area contributed by atoms with Crippen LogP contribution in [0, 0.1) is 0 Å². The van der Waals surface area contributed by atoms with Gasteiger partial charge < -0.3 is 25.3 Å². The average Bonchev–Trinajstić information content (AvgIpc) is 2.45. The van der Waals surface area contributed by atoms with E-state index in [1.54, 1.807) is 21.3 Å². The number of benzene rings is 1. The Hall–Kier alpha value is -1.46. The summed E-state index contributed by atoms with van der Waals surface area (Å²) in [5.74, 6) is 2.02. The summed E-state index contributed by atoms with van der Waals surface area (Å²) in [5, 5.41) is 3.37. The molecule has 0 aromatic heterocycles. The highest BCUT2D eigenvalue weighted by Crippen LogP contribution is 2.39. The van der Waals surface area contributed by atoms with Gasteiger partial charge in [-0.1, -0.05) is 6.07 Å². The van der Waals surface area contributed by atoms with Crippen molar-refractivity contribution in [3.05, 3.63) is 17.7 Å². The van der Waals surface area contributed by atoms with Gasteiger partial charge in [0.1, 0.15) is 0 Å². The molecule has 5 heteroatoms. The minimum atomic E-state index is 0.631. The van der Waals surface area contributed by atoms with Gasteiger partial charge in [0.25, 0.3) is 0 Å². The van der Waals surface area contributed by atoms with Crippen LogP contribution in [0.1, 0.15) is 18.4 Å². The van der Waals surface area contributed by atoms with Crippen LogP contribution in [0.5, 0.6) is 17.2 Å². The first kappa shape index (κ1) is 15.6. The topological polar surface area (TPSA) is 65.7 Å². The highest BCUT2D eigenvalue weighted by Gasteiger charge is 2.15. The van der Waals surface area contributed by atoms with Crippen LogP contribution in [0.4, 0.5) is 0 Å². The van der Waals surface area contributed by atoms with E-state index < -0.39 is 0 Å². The molecule has 19 heavy (non-hydrogen) atoms. The van der Waals surface area contributed by atoms with Gasteiger partial charge in [-0.3, -0.25) is 0 Å². The van der Waals surface area contributed by atoms with Crippen molar-refractivity contribution in [3.63, 3.8) is 0 Å². The summed E-state index contributed by atoms with van der Waals surface area (Å²) in [7, 11) is 4.86. The van der Waals surface area contributed by atoms with Gasteiger partial charge in [0.05, 0.1) is 21.3 Å². The van der Waals surface area contributed by atoms with Gasteiger partial charge in [0, 0.05) is 12.1 Å². The smallest absolute Gasteiger partial charge is 0.203 e. The summed E-state index contributed by atoms with van der Waals surface area (Å²) in [4.78, 5) is 0. The maximum Gasteiger partial charge on any atom is 0.203 e. The summed E-state index contributed by atoms with van der Waals surface area (Å²) in [5.41, 5.74) is 6.51. The van der Waals surface area contributed by atoms with Crippen LogP contribution < -0.4 is 25.3 Å². The van der Waals surface area contributed by atoms with E-state index in [0.29, 0.717) is 17.2 Å². The first-order valence-corrected chi connectivity index (χ1v) is 6.47. The molecular weight excluding hydrogens is 244 g/mol. The number of nitrogens with two attached hydrogens (primary N) is 1. The quantitative estimate of drug-likeness (QED) is 0.665. The summed E-state index contributed by atoms with van der Waals surface area (Å²) in [6.07, 6.45) is 2.11. The molecule has 5 nitrogen and oxygen atoms in total. The zero-order chi connectivity index (χ0) is 14.1. The lowest BCUT2D eigenvalue weighted by atomic mass is 10.1. The van der Waals surface area contributed by atoms with Crippen LogP contribution in [-0.4, -0.2) is 34.4 Å². The second-order valence-electron chi connectivity index (χ2n) is 4.17. The van der Waals surface area contributed by atoms with Gasteiger partial charge in [-0.2, -0.15) is 0 Å². The number of ether oxygens (including phenoxy) is 3. The fourth-order valence-electron chi connectivity index (χ4n) is 1.92. The number of hydrogen-bond acceptors (Lipinski definition) is 5. The van der Waals surface area contributed by atoms with E-state index >= 15 is 0 Å². The van der Waals surface area contributed by atoms with E-state index in [4.69, 9.17) is 19.9 Å². The molecule has 1 aromatic carbocycles. The normalized spacial score (nSPS) is 10.3. The lowest BCUT2D eigenvalue weighted by molar-refractivity contribution is 0.321. The number of hydrogen-bond donors (Lipinski definition) is 2. The predicted octanol–water partition coefficient (Wildman–Crippen LogP) is 1.54. The molecule has 0 bridgehead atoms. The molecule has 0 saturated heterocycles. The summed E-state index contributed by atoms with van der Waals surface area (Å²) in [6, 6.07) is 3.87. The molecule has 108 valence electrons. The van der Waals surface area contributed by atoms with Gasteiger partial charge in [-0.25, -0.2) is 0 Å². The molecule has 0 heterocycles. The van der Waals surface area contributed by atoms with Crippen molar-refractivity contribution in [2.24, 2.45) is 5.73 Å². The van der Waals surface area contributed by atoms with E-state index in [2.05, 4.69) is 5.32 Å². The van der Waals surface area contributed by atoms with Crippen molar-refractivity contribution >= 4 is 0 Å². The van der Waals surface area contributed by atoms with Crippen molar-refractivity contribution in [3.8, 4) is 17.2 Å². The van der Waals surface area contributed by atoms with Crippen molar-refractivity contribution < 1.29 is 14.2 Å². The molecule has 0 aliphatic rings. The van der Waals surface area contributed by atoms with Crippen LogP contribution >= 0.6 is 0 Å². The standard InChI is InChI=1S/C14H24N2O3/c1-17-12-7-6-11(10-16-9-5-4-8-15)13(18-2)14(12)19-3/h6-7,16H,4-5,8-10,15H2,1-3H3. The van der Waals surface area contributed by atoms with Crippen molar-refractivity contribution in [2.75, 3.05) is 34.4 Å². The Morgan fingerprint density at radius 3 is 2.32 bits per heavy atom. The van der Waals surface area contributed by atoms with Crippen molar-refractivity contribution in [2.45, 2.75) is 19.4 Å². The molecule has 0 saturated carbocycles. The van der Waals surface area contributed by atoms with E-state index in [0.717, 1.165) is 38.0 Å². The molecule has 0 fully saturated rings. The molecule has 0 spiro atoms. The molecule has 1 rings (SSSR count). The largest absolute Gasteiger partial charge is 0.493 e. The van der Waals surface area contributed by atoms with Crippen molar-refractivity contribution in [1.29, 1.82) is 0 Å². The van der Waals surface area contributed by atoms with Gasteiger partial charge >= 0.3 is 0 Å². The zero-order valence-corrected chi connectivity index (χ0v) is 12.0. The van der Waals surface area contributed by atoms with E-state index in [-0.39, 0.29) is 0 Å². The van der Waals surface area contributed by atoms with Gasteiger partial charge in [-0.05, 0) is 32.0 Å². The third-order valence-electron chi connectivity index (χ3n) is 2.91. The fraction of sp³-hybridized carbons (Fsp3) is 0.571. The third kappa shape index (κ3) is 4.29. The molecule has 0 unspecified atom stereocenters. The zero-order valence-electron chi connectivity index (χ0n) is 12.0. The molecule has 0 radical (unpaired) electrons. The number of nitrogens with one attached hydrogen (secondary N) is 1. The van der Waals surface area contributed by atoms with Crippen LogP contribution in [-0.2, 0) is 6.54 Å². The maximum atomic E-state index is 5.46. The second kappa shape index (κ2) is 8.61. The average molecular weight is 268 g/mol. The lowest BCUT2D eigenvalue weighted by Crippen LogP contribution is -2.16. The molecule has 1 aromatic rings. The van der Waals surface area contributed by atoms with Gasteiger partial charge in [0.2, 0.25) is 5.75 Å². The first-order valence-electron chi connectivity index (χ1n) is 6.47. The Balaban J connectivity index is 2.72. The van der Waals surface area contributed by atoms with Crippen LogP contribution in [0.3, 0.4) is 0 Å². The highest BCUT2D eigenvalue weighted by molar-refractivity contribution is 5.55. The summed E-state index contributed by atoms with van der Waals surface area (Å²) < 4.78 is 16.0. The van der Waals surface area contributed by atoms with Crippen LogP contribution in [0.25, 0.3) is 0 Å². The highest BCUT2D eigenvalue weighted by atomic mass is 16.5. The third-order valence-corrected chi connectivity index (χ3v) is 2.91. The predicted molar refractivity (Wildman–Crippen MR) is 76.1 cm³/mol. The Kier molecular flexibility index (Phi) is 7.07. The maximum absolute atomic E-state index is 5.46. The molecular formula is C14H24N2O3. The van der Waals surface area contributed by atoms with Crippen LogP contribution in [0.15, 0.2) is 12.1 Å². The molecule has 0 atom stereocenters. The summed E-state index contributed by atoms with van der Waals surface area (Å²) >= 11 is 0. The van der Waals surface area contributed by atoms with Gasteiger partial charge in [0.15, 0.2) is 11.5 Å². The minimum absolute atomic E-state index is 0.631. The minimum Gasteiger partial charge on any atom is -0.493 e. The van der Waals surface area contributed by atoms with Crippen LogP contribution in [0.2, 0.25) is 0 Å².